The molecule has 2 aliphatic heterocycles. The maximum Gasteiger partial charge on any atom is 0.326 e. The van der Waals surface area contributed by atoms with Gasteiger partial charge in [-0.3, -0.25) is 14.2 Å². The van der Waals surface area contributed by atoms with Crippen LogP contribution in [-0.2, 0) is 29.2 Å². The van der Waals surface area contributed by atoms with Crippen molar-refractivity contribution < 1.29 is 23.8 Å². The Morgan fingerprint density at radius 1 is 1.18 bits per heavy atom. The summed E-state index contributed by atoms with van der Waals surface area (Å²) in [5.41, 5.74) is 2.24. The molecule has 2 N–H and O–H groups in total. The minimum atomic E-state index is -0.465. The molecule has 2 aromatic heterocycles. The van der Waals surface area contributed by atoms with E-state index in [4.69, 9.17) is 14.2 Å². The Morgan fingerprint density at radius 3 is 2.92 bits per heavy atom. The molecule has 1 saturated heterocycles. The molecule has 0 saturated carbocycles. The summed E-state index contributed by atoms with van der Waals surface area (Å²) < 4.78 is 20.6. The Labute approximate surface area is 228 Å². The van der Waals surface area contributed by atoms with Gasteiger partial charge in [0.05, 0.1) is 49.6 Å². The van der Waals surface area contributed by atoms with Gasteiger partial charge in [-0.1, -0.05) is 17.3 Å². The maximum absolute atomic E-state index is 13.3. The number of aryl methyl sites for hydroxylation is 1. The molecule has 4 aromatic rings. The fourth-order valence-electron chi connectivity index (χ4n) is 5.12. The number of aromatic nitrogens is 5. The summed E-state index contributed by atoms with van der Waals surface area (Å²) in [5, 5.41) is 11.3. The van der Waals surface area contributed by atoms with Crippen molar-refractivity contribution in [1.29, 1.82) is 0 Å². The lowest BCUT2D eigenvalue weighted by molar-refractivity contribution is -0.131. The van der Waals surface area contributed by atoms with Crippen LogP contribution in [0.3, 0.4) is 0 Å². The van der Waals surface area contributed by atoms with Crippen molar-refractivity contribution in [3.63, 3.8) is 0 Å². The van der Waals surface area contributed by atoms with Crippen LogP contribution in [-0.4, -0.2) is 80.2 Å². The number of benzene rings is 2. The highest BCUT2D eigenvalue weighted by molar-refractivity contribution is 5.95. The standard InChI is InChI=1S/C27H29N7O6/c1-38-22-7-6-17-12-23(22)39-11-10-33-13-18(30-31-33)16-40-24-15-32(14-20(24)28-26(17)36)25(35)8-9-34-21-5-3-2-4-19(21)29-27(34)37/h2-7,12-13,20,24H,8-11,14-16H2,1H3,(H,28,36)(H,29,37)/t20-,24-/m0/s1. The maximum atomic E-state index is 13.3. The number of methoxy groups -OCH3 is 1. The van der Waals surface area contributed by atoms with E-state index in [1.54, 1.807) is 38.5 Å². The highest BCUT2D eigenvalue weighted by Gasteiger charge is 2.37. The molecule has 2 atom stereocenters. The average molecular weight is 548 g/mol. The van der Waals surface area contributed by atoms with E-state index in [1.165, 1.54) is 7.11 Å². The molecule has 2 aliphatic rings. The van der Waals surface area contributed by atoms with Gasteiger partial charge >= 0.3 is 5.69 Å². The number of nitrogens with one attached hydrogen (secondary N) is 2. The van der Waals surface area contributed by atoms with E-state index in [0.717, 1.165) is 11.0 Å². The molecule has 0 unspecified atom stereocenters. The number of hydrogen-bond donors (Lipinski definition) is 2. The number of para-hydroxylation sites is 2. The third-order valence-electron chi connectivity index (χ3n) is 7.20. The van der Waals surface area contributed by atoms with Crippen LogP contribution >= 0.6 is 0 Å². The molecule has 6 rings (SSSR count). The van der Waals surface area contributed by atoms with Crippen LogP contribution in [0.1, 0.15) is 22.5 Å². The quantitative estimate of drug-likeness (QED) is 0.384. The van der Waals surface area contributed by atoms with E-state index < -0.39 is 12.1 Å². The van der Waals surface area contributed by atoms with Crippen LogP contribution in [0.2, 0.25) is 0 Å². The first-order chi connectivity index (χ1) is 19.5. The summed E-state index contributed by atoms with van der Waals surface area (Å²) in [6.45, 7) is 1.71. The summed E-state index contributed by atoms with van der Waals surface area (Å²) in [6, 6.07) is 11.9. The fraction of sp³-hybridized carbons (Fsp3) is 0.370. The second kappa shape index (κ2) is 10.8. The first-order valence-electron chi connectivity index (χ1n) is 13.1. The monoisotopic (exact) mass is 547 g/mol. The molecule has 0 spiro atoms. The lowest BCUT2D eigenvalue weighted by atomic mass is 10.1. The van der Waals surface area contributed by atoms with Gasteiger partial charge in [-0.25, -0.2) is 9.48 Å². The first kappa shape index (κ1) is 25.6. The number of imidazole rings is 1. The van der Waals surface area contributed by atoms with Crippen molar-refractivity contribution in [2.24, 2.45) is 0 Å². The molecule has 4 bridgehead atoms. The lowest BCUT2D eigenvalue weighted by Crippen LogP contribution is -2.44. The highest BCUT2D eigenvalue weighted by Crippen LogP contribution is 2.28. The van der Waals surface area contributed by atoms with Crippen LogP contribution in [0, 0.1) is 0 Å². The summed E-state index contributed by atoms with van der Waals surface area (Å²) in [5.74, 6) is 0.495. The van der Waals surface area contributed by atoms with Gasteiger partial charge in [-0.05, 0) is 30.3 Å². The van der Waals surface area contributed by atoms with Crippen LogP contribution in [0.25, 0.3) is 11.0 Å². The zero-order valence-electron chi connectivity index (χ0n) is 21.9. The van der Waals surface area contributed by atoms with Crippen molar-refractivity contribution >= 4 is 22.8 Å². The number of H-pyrrole nitrogens is 1. The van der Waals surface area contributed by atoms with Gasteiger partial charge in [0.15, 0.2) is 11.5 Å². The summed E-state index contributed by atoms with van der Waals surface area (Å²) in [6.07, 6.45) is 1.44. The van der Waals surface area contributed by atoms with Crippen molar-refractivity contribution in [3.05, 3.63) is 70.4 Å². The zero-order valence-corrected chi connectivity index (χ0v) is 21.9. The van der Waals surface area contributed by atoms with Crippen molar-refractivity contribution in [3.8, 4) is 11.5 Å². The number of ether oxygens (including phenoxy) is 3. The Hall–Kier alpha value is -4.65. The third-order valence-corrected chi connectivity index (χ3v) is 7.20. The predicted octanol–water partition coefficient (Wildman–Crippen LogP) is 0.938. The zero-order chi connectivity index (χ0) is 27.6. The van der Waals surface area contributed by atoms with E-state index in [1.807, 2.05) is 24.3 Å². The van der Waals surface area contributed by atoms with Gasteiger partial charge in [0, 0.05) is 31.6 Å². The number of rotatable bonds is 4. The SMILES string of the molecule is COc1ccc2cc1OCCn1cc(nn1)CO[C@H]1CN(C(=O)CCn3c(=O)[nH]c4ccccc43)C[C@@H]1NC2=O. The first-order valence-corrected chi connectivity index (χ1v) is 13.1. The van der Waals surface area contributed by atoms with Gasteiger partial charge in [0.1, 0.15) is 12.3 Å². The molecular formula is C27H29N7O6. The summed E-state index contributed by atoms with van der Waals surface area (Å²) >= 11 is 0. The molecular weight excluding hydrogens is 518 g/mol. The number of carbonyl (C=O) groups excluding carboxylic acids is 2. The van der Waals surface area contributed by atoms with Gasteiger partial charge in [0.25, 0.3) is 5.91 Å². The molecule has 2 aromatic carbocycles. The number of fused-ring (bicyclic) bond motifs is 6. The van der Waals surface area contributed by atoms with Gasteiger partial charge in [-0.2, -0.15) is 0 Å². The largest absolute Gasteiger partial charge is 0.493 e. The molecule has 13 heteroatoms. The van der Waals surface area contributed by atoms with Gasteiger partial charge in [-0.15, -0.1) is 5.10 Å². The van der Waals surface area contributed by atoms with Crippen LogP contribution < -0.4 is 20.5 Å². The molecule has 40 heavy (non-hydrogen) atoms. The predicted molar refractivity (Wildman–Crippen MR) is 142 cm³/mol. The molecule has 208 valence electrons. The van der Waals surface area contributed by atoms with E-state index in [0.29, 0.717) is 35.9 Å². The van der Waals surface area contributed by atoms with Crippen molar-refractivity contribution in [2.45, 2.75) is 38.3 Å². The second-order valence-corrected chi connectivity index (χ2v) is 9.76. The smallest absolute Gasteiger partial charge is 0.326 e. The number of aromatic amines is 1. The third kappa shape index (κ3) is 5.15. The van der Waals surface area contributed by atoms with Gasteiger partial charge < -0.3 is 29.4 Å². The van der Waals surface area contributed by atoms with E-state index in [9.17, 15) is 14.4 Å². The summed E-state index contributed by atoms with van der Waals surface area (Å²) in [4.78, 5) is 43.4. The van der Waals surface area contributed by atoms with Gasteiger partial charge in [0.2, 0.25) is 5.91 Å². The normalized spacial score (nSPS) is 19.3. The Balaban J connectivity index is 1.20. The molecule has 4 heterocycles. The molecule has 0 aliphatic carbocycles. The van der Waals surface area contributed by atoms with Crippen LogP contribution in [0.4, 0.5) is 0 Å². The number of nitrogens with zero attached hydrogens (tertiary/aromatic N) is 5. The average Bonchev–Trinajstić information content (AvgIpc) is 3.66. The van der Waals surface area contributed by atoms with E-state index in [-0.39, 0.29) is 50.2 Å². The number of likely N-dealkylation sites (tertiary alicyclic amines) is 1. The highest BCUT2D eigenvalue weighted by atomic mass is 16.5. The summed E-state index contributed by atoms with van der Waals surface area (Å²) in [7, 11) is 1.54. The van der Waals surface area contributed by atoms with Crippen molar-refractivity contribution in [2.75, 3.05) is 26.8 Å². The van der Waals surface area contributed by atoms with Crippen LogP contribution in [0.5, 0.6) is 11.5 Å². The minimum Gasteiger partial charge on any atom is -0.493 e. The topological polar surface area (TPSA) is 146 Å². The molecule has 13 nitrogen and oxygen atoms in total. The minimum absolute atomic E-state index is 0.128. The molecule has 1 fully saturated rings. The van der Waals surface area contributed by atoms with Crippen molar-refractivity contribution in [1.82, 2.24) is 34.8 Å². The Bertz CT molecular complexity index is 1610. The Morgan fingerprint density at radius 2 is 2.05 bits per heavy atom. The van der Waals surface area contributed by atoms with E-state index >= 15 is 0 Å². The fourth-order valence-corrected chi connectivity index (χ4v) is 5.12. The second-order valence-electron chi connectivity index (χ2n) is 9.76. The van der Waals surface area contributed by atoms with E-state index in [2.05, 4.69) is 20.6 Å². The van der Waals surface area contributed by atoms with Crippen LogP contribution in [0.15, 0.2) is 53.5 Å². The lowest BCUT2D eigenvalue weighted by Gasteiger charge is -2.20. The molecule has 0 radical (unpaired) electrons. The Kier molecular flexibility index (Phi) is 6.95. The number of hydrogen-bond acceptors (Lipinski definition) is 8. The molecule has 2 amide bonds. The number of carbonyl (C=O) groups is 2. The number of amides is 2.